The first-order valence-corrected chi connectivity index (χ1v) is 10.3. The molecule has 24 heavy (non-hydrogen) atoms. The van der Waals surface area contributed by atoms with E-state index in [1.165, 1.54) is 96.3 Å². The van der Waals surface area contributed by atoms with E-state index in [1.54, 1.807) is 0 Å². The van der Waals surface area contributed by atoms with Crippen molar-refractivity contribution in [1.29, 1.82) is 0 Å². The molecule has 0 bridgehead atoms. The van der Waals surface area contributed by atoms with Gasteiger partial charge in [-0.05, 0) is 13.3 Å². The Bertz CT molecular complexity index is 213. The van der Waals surface area contributed by atoms with E-state index in [4.69, 9.17) is 10.2 Å². The third-order valence-corrected chi connectivity index (χ3v) is 4.23. The first-order chi connectivity index (χ1) is 11.7. The Balaban J connectivity index is 0. The molecule has 145 valence electrons. The minimum Gasteiger partial charge on any atom is -0.481 e. The van der Waals surface area contributed by atoms with Gasteiger partial charge in [0.25, 0.3) is 0 Å². The maximum absolute atomic E-state index is 9.31. The van der Waals surface area contributed by atoms with E-state index in [0.29, 0.717) is 6.61 Å². The van der Waals surface area contributed by atoms with Gasteiger partial charge in [0.2, 0.25) is 0 Å². The van der Waals surface area contributed by atoms with Crippen LogP contribution in [0, 0.1) is 6.92 Å². The van der Waals surface area contributed by atoms with Crippen LogP contribution < -0.4 is 0 Å². The van der Waals surface area contributed by atoms with Gasteiger partial charge in [0, 0.05) is 13.0 Å². The van der Waals surface area contributed by atoms with E-state index in [2.05, 4.69) is 13.8 Å². The average Bonchev–Trinajstić information content (AvgIpc) is 2.59. The highest BCUT2D eigenvalue weighted by Crippen LogP contribution is 2.13. The lowest BCUT2D eigenvalue weighted by Crippen LogP contribution is -1.87. The molecular formula is C21H43O3. The normalized spacial score (nSPS) is 10.3. The van der Waals surface area contributed by atoms with E-state index in [9.17, 15) is 4.79 Å². The Morgan fingerprint density at radius 2 is 0.917 bits per heavy atom. The van der Waals surface area contributed by atoms with Crippen LogP contribution in [0.1, 0.15) is 116 Å². The van der Waals surface area contributed by atoms with E-state index < -0.39 is 5.97 Å². The monoisotopic (exact) mass is 343 g/mol. The second-order valence-electron chi connectivity index (χ2n) is 6.67. The summed E-state index contributed by atoms with van der Waals surface area (Å²) < 4.78 is 0. The summed E-state index contributed by atoms with van der Waals surface area (Å²) >= 11 is 0. The van der Waals surface area contributed by atoms with Crippen LogP contribution in [0.3, 0.4) is 0 Å². The Hall–Kier alpha value is -0.570. The zero-order valence-corrected chi connectivity index (χ0v) is 16.2. The molecule has 0 fully saturated rings. The van der Waals surface area contributed by atoms with Crippen molar-refractivity contribution in [3.63, 3.8) is 0 Å². The van der Waals surface area contributed by atoms with Crippen molar-refractivity contribution in [2.45, 2.75) is 116 Å². The van der Waals surface area contributed by atoms with Crippen LogP contribution >= 0.6 is 0 Å². The highest BCUT2D eigenvalue weighted by molar-refractivity contribution is 5.67. The molecule has 0 aliphatic carbocycles. The second kappa shape index (κ2) is 24.7. The summed E-state index contributed by atoms with van der Waals surface area (Å²) in [6.07, 6.45) is 22.1. The molecule has 0 heterocycles. The molecule has 0 amide bonds. The predicted octanol–water partition coefficient (Wildman–Crippen LogP) is 6.54. The molecule has 3 heteroatoms. The van der Waals surface area contributed by atoms with Crippen molar-refractivity contribution in [3.8, 4) is 0 Å². The maximum atomic E-state index is 9.31. The SMILES string of the molecule is CCCCCCCCCCCCCCCCCCO.[CH2]CC(=O)O. The van der Waals surface area contributed by atoms with Gasteiger partial charge in [-0.25, -0.2) is 0 Å². The number of aliphatic carboxylic acids is 1. The van der Waals surface area contributed by atoms with Crippen molar-refractivity contribution >= 4 is 5.97 Å². The molecule has 0 unspecified atom stereocenters. The predicted molar refractivity (Wildman–Crippen MR) is 104 cm³/mol. The minimum absolute atomic E-state index is 0.0278. The summed E-state index contributed by atoms with van der Waals surface area (Å²) in [5.74, 6) is -0.856. The molecule has 0 aromatic heterocycles. The number of rotatable bonds is 17. The van der Waals surface area contributed by atoms with Gasteiger partial charge in [-0.15, -0.1) is 0 Å². The Kier molecular flexibility index (Phi) is 26.4. The molecule has 1 radical (unpaired) electrons. The molecule has 0 spiro atoms. The summed E-state index contributed by atoms with van der Waals surface area (Å²) in [6, 6.07) is 0. The second-order valence-corrected chi connectivity index (χ2v) is 6.67. The lowest BCUT2D eigenvalue weighted by atomic mass is 10.0. The third kappa shape index (κ3) is 29.4. The van der Waals surface area contributed by atoms with Gasteiger partial charge in [-0.2, -0.15) is 0 Å². The molecular weight excluding hydrogens is 300 g/mol. The first kappa shape index (κ1) is 25.7. The Morgan fingerprint density at radius 1 is 0.667 bits per heavy atom. The first-order valence-electron chi connectivity index (χ1n) is 10.3. The lowest BCUT2D eigenvalue weighted by molar-refractivity contribution is -0.136. The smallest absolute Gasteiger partial charge is 0.303 e. The number of hydrogen-bond acceptors (Lipinski definition) is 2. The van der Waals surface area contributed by atoms with Gasteiger partial charge in [0.1, 0.15) is 0 Å². The highest BCUT2D eigenvalue weighted by Gasteiger charge is 1.94. The molecule has 0 aliphatic rings. The van der Waals surface area contributed by atoms with Gasteiger partial charge in [0.05, 0.1) is 0 Å². The van der Waals surface area contributed by atoms with Gasteiger partial charge >= 0.3 is 5.97 Å². The standard InChI is InChI=1S/C18H38O.C3H5O2/c1-2-3-4-5-6-7-8-9-10-11-12-13-14-15-16-17-18-19;1-2-3(4)5/h19H,2-18H2,1H3;1-2H2,(H,4,5). The summed E-state index contributed by atoms with van der Waals surface area (Å²) in [6.45, 7) is 5.74. The molecule has 0 saturated heterocycles. The van der Waals surface area contributed by atoms with Crippen molar-refractivity contribution in [2.75, 3.05) is 6.61 Å². The molecule has 0 saturated carbocycles. The lowest BCUT2D eigenvalue weighted by Gasteiger charge is -2.03. The molecule has 0 aromatic rings. The topological polar surface area (TPSA) is 57.5 Å². The van der Waals surface area contributed by atoms with Gasteiger partial charge in [-0.1, -0.05) is 103 Å². The Morgan fingerprint density at radius 3 is 1.12 bits per heavy atom. The largest absolute Gasteiger partial charge is 0.481 e. The number of carbonyl (C=O) groups is 1. The summed E-state index contributed by atoms with van der Waals surface area (Å²) in [7, 11) is 0. The maximum Gasteiger partial charge on any atom is 0.303 e. The van der Waals surface area contributed by atoms with E-state index >= 15 is 0 Å². The van der Waals surface area contributed by atoms with Crippen LogP contribution in [0.25, 0.3) is 0 Å². The van der Waals surface area contributed by atoms with Crippen molar-refractivity contribution < 1.29 is 15.0 Å². The number of carboxylic acids is 1. The fourth-order valence-corrected chi connectivity index (χ4v) is 2.66. The van der Waals surface area contributed by atoms with Crippen LogP contribution in [-0.4, -0.2) is 22.8 Å². The molecule has 0 rings (SSSR count). The number of aliphatic hydroxyl groups is 1. The van der Waals surface area contributed by atoms with Crippen molar-refractivity contribution in [3.05, 3.63) is 6.92 Å². The summed E-state index contributed by atoms with van der Waals surface area (Å²) in [5.41, 5.74) is 0. The third-order valence-electron chi connectivity index (χ3n) is 4.23. The Labute approximate surface area is 151 Å². The van der Waals surface area contributed by atoms with Gasteiger partial charge in [0.15, 0.2) is 0 Å². The molecule has 0 aliphatic heterocycles. The average molecular weight is 344 g/mol. The number of hydrogen-bond donors (Lipinski definition) is 2. The summed E-state index contributed by atoms with van der Waals surface area (Å²) in [5, 5.41) is 16.3. The van der Waals surface area contributed by atoms with Crippen LogP contribution in [0.5, 0.6) is 0 Å². The zero-order valence-electron chi connectivity index (χ0n) is 16.2. The molecule has 2 N–H and O–H groups in total. The van der Waals surface area contributed by atoms with Crippen LogP contribution in [0.2, 0.25) is 0 Å². The van der Waals surface area contributed by atoms with E-state index in [1.807, 2.05) is 0 Å². The van der Waals surface area contributed by atoms with Crippen LogP contribution in [-0.2, 0) is 4.79 Å². The fourth-order valence-electron chi connectivity index (χ4n) is 2.66. The van der Waals surface area contributed by atoms with E-state index in [-0.39, 0.29) is 6.42 Å². The fraction of sp³-hybridized carbons (Fsp3) is 0.905. The minimum atomic E-state index is -0.856. The number of aliphatic hydroxyl groups excluding tert-OH is 1. The highest BCUT2D eigenvalue weighted by atomic mass is 16.4. The number of carboxylic acid groups (broad SMARTS) is 1. The van der Waals surface area contributed by atoms with Gasteiger partial charge < -0.3 is 10.2 Å². The van der Waals surface area contributed by atoms with Crippen molar-refractivity contribution in [2.24, 2.45) is 0 Å². The molecule has 0 aromatic carbocycles. The number of unbranched alkanes of at least 4 members (excludes halogenated alkanes) is 15. The van der Waals surface area contributed by atoms with Crippen molar-refractivity contribution in [1.82, 2.24) is 0 Å². The molecule has 3 nitrogen and oxygen atoms in total. The zero-order chi connectivity index (χ0) is 18.3. The quantitative estimate of drug-likeness (QED) is 0.295. The van der Waals surface area contributed by atoms with E-state index in [0.717, 1.165) is 6.42 Å². The van der Waals surface area contributed by atoms with Crippen LogP contribution in [0.15, 0.2) is 0 Å². The van der Waals surface area contributed by atoms with Crippen LogP contribution in [0.4, 0.5) is 0 Å². The summed E-state index contributed by atoms with van der Waals surface area (Å²) in [4.78, 5) is 9.31. The molecule has 0 atom stereocenters. The van der Waals surface area contributed by atoms with Gasteiger partial charge in [-0.3, -0.25) is 4.79 Å².